The molecule has 0 N–H and O–H groups in total. The number of Topliss-reactive ketones (excluding diaryl/α,β-unsaturated/α-hetero) is 2. The van der Waals surface area contributed by atoms with Crippen molar-refractivity contribution in [3.05, 3.63) is 95.1 Å². The van der Waals surface area contributed by atoms with Gasteiger partial charge in [0.2, 0.25) is 11.8 Å². The summed E-state index contributed by atoms with van der Waals surface area (Å²) in [5.41, 5.74) is 2.97. The normalized spacial score (nSPS) is 23.5. The fraction of sp³-hybridized carbons (Fsp3) is 0.207. The van der Waals surface area contributed by atoms with Crippen molar-refractivity contribution in [3.63, 3.8) is 0 Å². The highest BCUT2D eigenvalue weighted by molar-refractivity contribution is 6.24. The zero-order valence-electron chi connectivity index (χ0n) is 20.2. The van der Waals surface area contributed by atoms with Gasteiger partial charge in [-0.15, -0.1) is 0 Å². The summed E-state index contributed by atoms with van der Waals surface area (Å²) in [5, 5.41) is 6.21. The van der Waals surface area contributed by atoms with Crippen molar-refractivity contribution in [2.24, 2.45) is 16.9 Å². The Bertz CT molecular complexity index is 1480. The number of fused-ring (bicyclic) bond motifs is 5. The lowest BCUT2D eigenvalue weighted by molar-refractivity contribution is -0.124. The number of carbonyl (C=O) groups is 4. The van der Waals surface area contributed by atoms with Crippen molar-refractivity contribution >= 4 is 35.3 Å². The van der Waals surface area contributed by atoms with Gasteiger partial charge < -0.3 is 4.74 Å². The first-order chi connectivity index (χ1) is 17.9. The SMILES string of the molecule is COc1ccc(C(=O)[C@@H]2[C@@H]3C(=O)N(c4ccc(C(C)=O)cc4)C(=O)[C@@H]3[C@@H]3c4ccccc4C=NN23)cc1. The molecule has 0 unspecified atom stereocenters. The number of benzene rings is 3. The van der Waals surface area contributed by atoms with Gasteiger partial charge in [0.25, 0.3) is 0 Å². The molecule has 0 spiro atoms. The van der Waals surface area contributed by atoms with Crippen LogP contribution in [0.3, 0.4) is 0 Å². The molecule has 0 radical (unpaired) electrons. The van der Waals surface area contributed by atoms with Crippen LogP contribution in [0.5, 0.6) is 5.75 Å². The molecule has 2 saturated heterocycles. The smallest absolute Gasteiger partial charge is 0.240 e. The van der Waals surface area contributed by atoms with Crippen LogP contribution in [0.1, 0.15) is 44.8 Å². The number of carbonyl (C=O) groups excluding carboxylic acids is 4. The minimum absolute atomic E-state index is 0.111. The molecule has 37 heavy (non-hydrogen) atoms. The van der Waals surface area contributed by atoms with Crippen molar-refractivity contribution in [1.82, 2.24) is 5.01 Å². The van der Waals surface area contributed by atoms with E-state index in [1.807, 2.05) is 24.3 Å². The molecule has 2 fully saturated rings. The monoisotopic (exact) mass is 493 g/mol. The first-order valence-electron chi connectivity index (χ1n) is 12.0. The molecule has 0 aliphatic carbocycles. The maximum atomic E-state index is 13.9. The van der Waals surface area contributed by atoms with Crippen LogP contribution in [0.2, 0.25) is 0 Å². The molecule has 4 atom stereocenters. The van der Waals surface area contributed by atoms with Crippen LogP contribution in [-0.4, -0.2) is 47.8 Å². The molecule has 3 aliphatic heterocycles. The third-order valence-corrected chi connectivity index (χ3v) is 7.47. The Morgan fingerprint density at radius 2 is 1.49 bits per heavy atom. The lowest BCUT2D eigenvalue weighted by Gasteiger charge is -2.33. The van der Waals surface area contributed by atoms with Crippen LogP contribution in [0.15, 0.2) is 77.9 Å². The molecule has 184 valence electrons. The summed E-state index contributed by atoms with van der Waals surface area (Å²) >= 11 is 0. The van der Waals surface area contributed by atoms with Crippen LogP contribution in [0.4, 0.5) is 5.69 Å². The van der Waals surface area contributed by atoms with Gasteiger partial charge in [-0.05, 0) is 66.6 Å². The molecule has 3 aliphatic rings. The zero-order valence-corrected chi connectivity index (χ0v) is 20.2. The van der Waals surface area contributed by atoms with E-state index in [9.17, 15) is 19.2 Å². The second kappa shape index (κ2) is 8.51. The topological polar surface area (TPSA) is 96.3 Å². The van der Waals surface area contributed by atoms with E-state index in [-0.39, 0.29) is 17.5 Å². The highest BCUT2D eigenvalue weighted by Crippen LogP contribution is 2.53. The molecule has 3 aromatic rings. The quantitative estimate of drug-likeness (QED) is 0.398. The minimum Gasteiger partial charge on any atom is -0.497 e. The van der Waals surface area contributed by atoms with E-state index in [4.69, 9.17) is 4.74 Å². The van der Waals surface area contributed by atoms with Crippen molar-refractivity contribution in [2.45, 2.75) is 19.0 Å². The molecule has 6 rings (SSSR count). The highest BCUT2D eigenvalue weighted by atomic mass is 16.5. The second-order valence-corrected chi connectivity index (χ2v) is 9.40. The fourth-order valence-corrected chi connectivity index (χ4v) is 5.69. The number of nitrogens with zero attached hydrogens (tertiary/aromatic N) is 3. The van der Waals surface area contributed by atoms with Crippen LogP contribution in [0, 0.1) is 11.8 Å². The average Bonchev–Trinajstić information content (AvgIpc) is 3.40. The molecule has 8 heteroatoms. The fourth-order valence-electron chi connectivity index (χ4n) is 5.69. The predicted molar refractivity (Wildman–Crippen MR) is 136 cm³/mol. The minimum atomic E-state index is -0.953. The Morgan fingerprint density at radius 1 is 0.838 bits per heavy atom. The predicted octanol–water partition coefficient (Wildman–Crippen LogP) is 3.66. The van der Waals surface area contributed by atoms with Gasteiger partial charge >= 0.3 is 0 Å². The van der Waals surface area contributed by atoms with Crippen molar-refractivity contribution in [3.8, 4) is 5.75 Å². The molecular formula is C29H23N3O5. The van der Waals surface area contributed by atoms with Crippen LogP contribution in [-0.2, 0) is 9.59 Å². The number of methoxy groups -OCH3 is 1. The zero-order chi connectivity index (χ0) is 25.8. The summed E-state index contributed by atoms with van der Waals surface area (Å²) in [6.45, 7) is 1.45. The van der Waals surface area contributed by atoms with Gasteiger partial charge in [-0.3, -0.25) is 24.2 Å². The van der Waals surface area contributed by atoms with Crippen molar-refractivity contribution in [1.29, 1.82) is 0 Å². The third-order valence-electron chi connectivity index (χ3n) is 7.47. The number of imide groups is 1. The number of rotatable bonds is 5. The Morgan fingerprint density at radius 3 is 2.16 bits per heavy atom. The summed E-state index contributed by atoms with van der Waals surface area (Å²) in [7, 11) is 1.54. The summed E-state index contributed by atoms with van der Waals surface area (Å²) in [6, 6.07) is 19.2. The number of hydrogen-bond acceptors (Lipinski definition) is 7. The molecule has 3 aromatic carbocycles. The van der Waals surface area contributed by atoms with E-state index in [0.29, 0.717) is 22.6 Å². The van der Waals surface area contributed by atoms with Gasteiger partial charge in [-0.1, -0.05) is 24.3 Å². The third kappa shape index (κ3) is 3.40. The summed E-state index contributed by atoms with van der Waals surface area (Å²) in [4.78, 5) is 54.6. The van der Waals surface area contributed by atoms with Crippen molar-refractivity contribution in [2.75, 3.05) is 12.0 Å². The van der Waals surface area contributed by atoms with Gasteiger partial charge in [0.15, 0.2) is 11.6 Å². The Kier molecular flexibility index (Phi) is 5.26. The van der Waals surface area contributed by atoms with Gasteiger partial charge in [0.1, 0.15) is 11.8 Å². The van der Waals surface area contributed by atoms with E-state index < -0.39 is 29.8 Å². The Balaban J connectivity index is 1.45. The maximum absolute atomic E-state index is 13.9. The first kappa shape index (κ1) is 22.8. The number of amides is 2. The van der Waals surface area contributed by atoms with Crippen LogP contribution < -0.4 is 9.64 Å². The molecule has 2 amide bonds. The lowest BCUT2D eigenvalue weighted by Crippen LogP contribution is -2.44. The van der Waals surface area contributed by atoms with Crippen LogP contribution >= 0.6 is 0 Å². The number of hydrogen-bond donors (Lipinski definition) is 0. The molecule has 0 bridgehead atoms. The molecule has 0 aromatic heterocycles. The van der Waals surface area contributed by atoms with Gasteiger partial charge in [-0.2, -0.15) is 5.10 Å². The van der Waals surface area contributed by atoms with E-state index in [1.54, 1.807) is 66.9 Å². The molecule has 3 heterocycles. The van der Waals surface area contributed by atoms with Gasteiger partial charge in [0, 0.05) is 11.1 Å². The average molecular weight is 494 g/mol. The molecule has 8 nitrogen and oxygen atoms in total. The number of ketones is 2. The highest BCUT2D eigenvalue weighted by Gasteiger charge is 2.65. The molecular weight excluding hydrogens is 470 g/mol. The van der Waals surface area contributed by atoms with E-state index in [2.05, 4.69) is 5.10 Å². The number of anilines is 1. The number of ether oxygens (including phenoxy) is 1. The number of hydrazone groups is 1. The standard InChI is InChI=1S/C29H23N3O5/c1-16(33)17-7-11-20(12-8-17)31-28(35)23-24(29(31)36)26(27(34)18-9-13-21(37-2)14-10-18)32-25(23)22-6-4-3-5-19(22)15-30-32/h3-15,23-26H,1-2H3/t23-,24+,25-,26-/m0/s1. The first-order valence-corrected chi connectivity index (χ1v) is 12.0. The van der Waals surface area contributed by atoms with Crippen molar-refractivity contribution < 1.29 is 23.9 Å². The second-order valence-electron chi connectivity index (χ2n) is 9.40. The largest absolute Gasteiger partial charge is 0.497 e. The lowest BCUT2D eigenvalue weighted by atomic mass is 9.83. The van der Waals surface area contributed by atoms with E-state index in [1.165, 1.54) is 6.92 Å². The Labute approximate surface area is 213 Å². The Hall–Kier alpha value is -4.59. The summed E-state index contributed by atoms with van der Waals surface area (Å²) in [5.74, 6) is -2.31. The van der Waals surface area contributed by atoms with Gasteiger partial charge in [-0.25, -0.2) is 4.90 Å². The summed E-state index contributed by atoms with van der Waals surface area (Å²) in [6.07, 6.45) is 1.67. The van der Waals surface area contributed by atoms with Gasteiger partial charge in [0.05, 0.1) is 36.9 Å². The van der Waals surface area contributed by atoms with E-state index >= 15 is 0 Å². The van der Waals surface area contributed by atoms with Crippen LogP contribution in [0.25, 0.3) is 0 Å². The summed E-state index contributed by atoms with van der Waals surface area (Å²) < 4.78 is 5.21. The maximum Gasteiger partial charge on any atom is 0.240 e. The molecule has 0 saturated carbocycles. The van der Waals surface area contributed by atoms with E-state index in [0.717, 1.165) is 16.0 Å².